The zero-order valence-electron chi connectivity index (χ0n) is 10.2. The van der Waals surface area contributed by atoms with Gasteiger partial charge in [0.25, 0.3) is 0 Å². The van der Waals surface area contributed by atoms with Crippen molar-refractivity contribution in [2.24, 2.45) is 5.73 Å². The number of rotatable bonds is 5. The quantitative estimate of drug-likeness (QED) is 0.774. The van der Waals surface area contributed by atoms with Gasteiger partial charge in [-0.1, -0.05) is 26.0 Å². The Balaban J connectivity index is 3.01. The Morgan fingerprint density at radius 3 is 2.56 bits per heavy atom. The highest BCUT2D eigenvalue weighted by Gasteiger charge is 2.11. The zero-order valence-corrected chi connectivity index (χ0v) is 11.1. The first-order valence-electron chi connectivity index (χ1n) is 5.64. The minimum absolute atomic E-state index is 0.0703. The summed E-state index contributed by atoms with van der Waals surface area (Å²) in [6.07, 6.45) is 0.896. The third-order valence-corrected chi connectivity index (χ3v) is 3.00. The predicted octanol–water partition coefficient (Wildman–Crippen LogP) is 3.14. The molecular formula is C13H21NOS. The van der Waals surface area contributed by atoms with Crippen LogP contribution in [0.2, 0.25) is 0 Å². The molecule has 2 nitrogen and oxygen atoms in total. The van der Waals surface area contributed by atoms with Gasteiger partial charge in [0.05, 0.1) is 7.11 Å². The van der Waals surface area contributed by atoms with Crippen LogP contribution in [0.1, 0.15) is 43.4 Å². The monoisotopic (exact) mass is 239 g/mol. The van der Waals surface area contributed by atoms with Crippen molar-refractivity contribution in [1.82, 2.24) is 0 Å². The molecule has 0 heterocycles. The third kappa shape index (κ3) is 3.16. The van der Waals surface area contributed by atoms with E-state index in [0.717, 1.165) is 17.9 Å². The first kappa shape index (κ1) is 13.4. The summed E-state index contributed by atoms with van der Waals surface area (Å²) in [5.74, 6) is 2.19. The third-order valence-electron chi connectivity index (χ3n) is 2.74. The van der Waals surface area contributed by atoms with Crippen LogP contribution in [0.3, 0.4) is 0 Å². The van der Waals surface area contributed by atoms with E-state index in [1.54, 1.807) is 7.11 Å². The molecule has 0 spiro atoms. The van der Waals surface area contributed by atoms with E-state index in [1.807, 2.05) is 12.1 Å². The van der Waals surface area contributed by atoms with Crippen LogP contribution in [0, 0.1) is 0 Å². The lowest BCUT2D eigenvalue weighted by molar-refractivity contribution is 0.407. The van der Waals surface area contributed by atoms with Crippen molar-refractivity contribution in [1.29, 1.82) is 0 Å². The Labute approximate surface area is 104 Å². The molecule has 0 aliphatic carbocycles. The van der Waals surface area contributed by atoms with Crippen molar-refractivity contribution in [2.75, 3.05) is 12.9 Å². The minimum Gasteiger partial charge on any atom is -0.496 e. The maximum Gasteiger partial charge on any atom is 0.122 e. The van der Waals surface area contributed by atoms with E-state index in [1.165, 1.54) is 11.1 Å². The van der Waals surface area contributed by atoms with Crippen LogP contribution in [0.5, 0.6) is 5.75 Å². The van der Waals surface area contributed by atoms with E-state index in [9.17, 15) is 0 Å². The largest absolute Gasteiger partial charge is 0.496 e. The molecule has 3 heteroatoms. The molecule has 1 aromatic rings. The molecule has 1 rings (SSSR count). The normalized spacial score (nSPS) is 12.9. The van der Waals surface area contributed by atoms with Crippen molar-refractivity contribution >= 4 is 12.6 Å². The Kier molecular flexibility index (Phi) is 5.16. The summed E-state index contributed by atoms with van der Waals surface area (Å²) in [4.78, 5) is 0. The topological polar surface area (TPSA) is 35.2 Å². The number of ether oxygens (including phenoxy) is 1. The lowest BCUT2D eigenvalue weighted by Gasteiger charge is -2.16. The molecule has 90 valence electrons. The molecule has 0 amide bonds. The fourth-order valence-corrected chi connectivity index (χ4v) is 2.02. The Morgan fingerprint density at radius 2 is 2.06 bits per heavy atom. The maximum absolute atomic E-state index is 6.08. The van der Waals surface area contributed by atoms with Crippen LogP contribution < -0.4 is 10.5 Å². The van der Waals surface area contributed by atoms with Crippen LogP contribution in [-0.4, -0.2) is 12.9 Å². The molecule has 0 fully saturated rings. The average molecular weight is 239 g/mol. The zero-order chi connectivity index (χ0) is 12.1. The van der Waals surface area contributed by atoms with Gasteiger partial charge in [0.2, 0.25) is 0 Å². The van der Waals surface area contributed by atoms with Crippen LogP contribution in [-0.2, 0) is 0 Å². The van der Waals surface area contributed by atoms with Crippen molar-refractivity contribution in [2.45, 2.75) is 32.2 Å². The fourth-order valence-electron chi connectivity index (χ4n) is 1.74. The molecule has 1 unspecified atom stereocenters. The standard InChI is InChI=1S/C13H21NOS/c1-9(2)11-8-10(12(14)6-7-16)4-5-13(11)15-3/h4-5,8-9,12,16H,6-7,14H2,1-3H3. The molecule has 0 saturated heterocycles. The molecule has 0 aliphatic heterocycles. The van der Waals surface area contributed by atoms with E-state index >= 15 is 0 Å². The van der Waals surface area contributed by atoms with E-state index in [-0.39, 0.29) is 6.04 Å². The summed E-state index contributed by atoms with van der Waals surface area (Å²) in [7, 11) is 1.70. The molecule has 1 aromatic carbocycles. The molecule has 2 N–H and O–H groups in total. The average Bonchev–Trinajstić information content (AvgIpc) is 2.28. The number of thiol groups is 1. The highest BCUT2D eigenvalue weighted by atomic mass is 32.1. The minimum atomic E-state index is 0.0703. The molecular weight excluding hydrogens is 218 g/mol. The molecule has 0 aliphatic rings. The second kappa shape index (κ2) is 6.16. The molecule has 0 aromatic heterocycles. The Morgan fingerprint density at radius 1 is 1.38 bits per heavy atom. The van der Waals surface area contributed by atoms with E-state index in [2.05, 4.69) is 32.5 Å². The van der Waals surface area contributed by atoms with Crippen molar-refractivity contribution in [3.05, 3.63) is 29.3 Å². The molecule has 0 bridgehead atoms. The van der Waals surface area contributed by atoms with Crippen molar-refractivity contribution < 1.29 is 4.74 Å². The van der Waals surface area contributed by atoms with Gasteiger partial charge in [-0.2, -0.15) is 12.6 Å². The number of benzene rings is 1. The van der Waals surface area contributed by atoms with Crippen LogP contribution >= 0.6 is 12.6 Å². The smallest absolute Gasteiger partial charge is 0.122 e. The van der Waals surface area contributed by atoms with E-state index in [0.29, 0.717) is 5.92 Å². The van der Waals surface area contributed by atoms with Gasteiger partial charge in [0.15, 0.2) is 0 Å². The van der Waals surface area contributed by atoms with Gasteiger partial charge in [-0.05, 0) is 35.3 Å². The van der Waals surface area contributed by atoms with Gasteiger partial charge >= 0.3 is 0 Å². The molecule has 0 radical (unpaired) electrons. The fraction of sp³-hybridized carbons (Fsp3) is 0.538. The summed E-state index contributed by atoms with van der Waals surface area (Å²) >= 11 is 4.21. The number of hydrogen-bond donors (Lipinski definition) is 2. The number of methoxy groups -OCH3 is 1. The summed E-state index contributed by atoms with van der Waals surface area (Å²) in [6.45, 7) is 4.32. The van der Waals surface area contributed by atoms with Crippen LogP contribution in [0.25, 0.3) is 0 Å². The highest BCUT2D eigenvalue weighted by molar-refractivity contribution is 7.80. The van der Waals surface area contributed by atoms with Gasteiger partial charge in [-0.3, -0.25) is 0 Å². The summed E-state index contributed by atoms with van der Waals surface area (Å²) in [5, 5.41) is 0. The maximum atomic E-state index is 6.08. The SMILES string of the molecule is COc1ccc(C(N)CCS)cc1C(C)C. The van der Waals surface area contributed by atoms with Gasteiger partial charge in [-0.15, -0.1) is 0 Å². The van der Waals surface area contributed by atoms with E-state index < -0.39 is 0 Å². The first-order valence-corrected chi connectivity index (χ1v) is 6.27. The summed E-state index contributed by atoms with van der Waals surface area (Å²) < 4.78 is 5.35. The van der Waals surface area contributed by atoms with Crippen LogP contribution in [0.15, 0.2) is 18.2 Å². The van der Waals surface area contributed by atoms with Crippen molar-refractivity contribution in [3.8, 4) is 5.75 Å². The van der Waals surface area contributed by atoms with Gasteiger partial charge in [0.1, 0.15) is 5.75 Å². The summed E-state index contributed by atoms with van der Waals surface area (Å²) in [6, 6.07) is 6.26. The van der Waals surface area contributed by atoms with Crippen LogP contribution in [0.4, 0.5) is 0 Å². The lowest BCUT2D eigenvalue weighted by atomic mass is 9.96. The molecule has 16 heavy (non-hydrogen) atoms. The van der Waals surface area contributed by atoms with Gasteiger partial charge in [0, 0.05) is 6.04 Å². The summed E-state index contributed by atoms with van der Waals surface area (Å²) in [5.41, 5.74) is 8.46. The van der Waals surface area contributed by atoms with Crippen molar-refractivity contribution in [3.63, 3.8) is 0 Å². The number of hydrogen-bond acceptors (Lipinski definition) is 3. The molecule has 1 atom stereocenters. The second-order valence-corrected chi connectivity index (χ2v) is 4.72. The Hall–Kier alpha value is -0.670. The van der Waals surface area contributed by atoms with Gasteiger partial charge in [-0.25, -0.2) is 0 Å². The highest BCUT2D eigenvalue weighted by Crippen LogP contribution is 2.29. The first-order chi connectivity index (χ1) is 7.60. The van der Waals surface area contributed by atoms with Gasteiger partial charge < -0.3 is 10.5 Å². The predicted molar refractivity (Wildman–Crippen MR) is 72.5 cm³/mol. The Bertz CT molecular complexity index is 339. The van der Waals surface area contributed by atoms with E-state index in [4.69, 9.17) is 10.5 Å². The molecule has 0 saturated carbocycles. The lowest BCUT2D eigenvalue weighted by Crippen LogP contribution is -2.11. The number of nitrogens with two attached hydrogens (primary N) is 1. The second-order valence-electron chi connectivity index (χ2n) is 4.27.